The van der Waals surface area contributed by atoms with Crippen LogP contribution in [0.1, 0.15) is 37.8 Å². The normalized spacial score (nSPS) is 11.8. The fraction of sp³-hybridized carbons (Fsp3) is 0.462. The molecule has 86 valence electrons. The zero-order chi connectivity index (χ0) is 11.8. The maximum Gasteiger partial charge on any atom is 0.119 e. The van der Waals surface area contributed by atoms with Gasteiger partial charge in [-0.15, -0.1) is 0 Å². The van der Waals surface area contributed by atoms with Crippen molar-refractivity contribution in [1.29, 1.82) is 5.26 Å². The van der Waals surface area contributed by atoms with Gasteiger partial charge in [0.2, 0.25) is 0 Å². The maximum atomic E-state index is 8.37. The third-order valence-corrected chi connectivity index (χ3v) is 2.45. The first-order valence-corrected chi connectivity index (χ1v) is 5.63. The highest BCUT2D eigenvalue weighted by Gasteiger charge is 2.02. The Morgan fingerprint density at radius 1 is 1.38 bits per heavy atom. The largest absolute Gasteiger partial charge is 0.494 e. The molecular formula is C13H18N2O. The standard InChI is InChI=1S/C13H18N2O/c1-2-13(15)11-5-7-12(8-6-11)16-10-4-3-9-14/h5-8,13H,2-4,10,15H2,1H3. The van der Waals surface area contributed by atoms with E-state index in [4.69, 9.17) is 15.7 Å². The summed E-state index contributed by atoms with van der Waals surface area (Å²) in [6.07, 6.45) is 2.24. The van der Waals surface area contributed by atoms with E-state index in [2.05, 4.69) is 13.0 Å². The SMILES string of the molecule is CCC(N)c1ccc(OCCCC#N)cc1. The molecule has 0 radical (unpaired) electrons. The topological polar surface area (TPSA) is 59.0 Å². The molecule has 0 aliphatic rings. The van der Waals surface area contributed by atoms with Crippen LogP contribution >= 0.6 is 0 Å². The smallest absolute Gasteiger partial charge is 0.119 e. The molecule has 1 aromatic rings. The molecule has 16 heavy (non-hydrogen) atoms. The Hall–Kier alpha value is -1.53. The lowest BCUT2D eigenvalue weighted by Gasteiger charge is -2.10. The fourth-order valence-corrected chi connectivity index (χ4v) is 1.39. The van der Waals surface area contributed by atoms with Gasteiger partial charge >= 0.3 is 0 Å². The third kappa shape index (κ3) is 3.92. The van der Waals surface area contributed by atoms with Crippen molar-refractivity contribution >= 4 is 0 Å². The number of nitriles is 1. The minimum atomic E-state index is 0.104. The summed E-state index contributed by atoms with van der Waals surface area (Å²) in [5.41, 5.74) is 7.04. The molecule has 0 bridgehead atoms. The minimum absolute atomic E-state index is 0.104. The Bertz CT molecular complexity index is 340. The lowest BCUT2D eigenvalue weighted by Crippen LogP contribution is -2.08. The quantitative estimate of drug-likeness (QED) is 0.747. The lowest BCUT2D eigenvalue weighted by atomic mass is 10.1. The van der Waals surface area contributed by atoms with Gasteiger partial charge in [0.1, 0.15) is 5.75 Å². The molecule has 3 nitrogen and oxygen atoms in total. The molecule has 0 amide bonds. The highest BCUT2D eigenvalue weighted by atomic mass is 16.5. The van der Waals surface area contributed by atoms with Crippen molar-refractivity contribution in [3.63, 3.8) is 0 Å². The number of ether oxygens (including phenoxy) is 1. The van der Waals surface area contributed by atoms with Crippen molar-refractivity contribution in [2.24, 2.45) is 5.73 Å². The van der Waals surface area contributed by atoms with E-state index in [1.54, 1.807) is 0 Å². The Labute approximate surface area is 96.8 Å². The van der Waals surface area contributed by atoms with E-state index in [-0.39, 0.29) is 6.04 Å². The highest BCUT2D eigenvalue weighted by molar-refractivity contribution is 5.28. The zero-order valence-corrected chi connectivity index (χ0v) is 9.65. The molecule has 1 aromatic carbocycles. The summed E-state index contributed by atoms with van der Waals surface area (Å²) in [7, 11) is 0. The minimum Gasteiger partial charge on any atom is -0.494 e. The number of hydrogen-bond donors (Lipinski definition) is 1. The van der Waals surface area contributed by atoms with Gasteiger partial charge in [-0.1, -0.05) is 19.1 Å². The summed E-state index contributed by atoms with van der Waals surface area (Å²) < 4.78 is 5.48. The Kier molecular flexibility index (Phi) is 5.38. The van der Waals surface area contributed by atoms with E-state index in [9.17, 15) is 0 Å². The molecule has 0 spiro atoms. The molecule has 0 saturated heterocycles. The Morgan fingerprint density at radius 3 is 2.62 bits per heavy atom. The number of nitrogens with two attached hydrogens (primary N) is 1. The average molecular weight is 218 g/mol. The number of rotatable bonds is 6. The van der Waals surface area contributed by atoms with Gasteiger partial charge in [-0.25, -0.2) is 0 Å². The average Bonchev–Trinajstić information content (AvgIpc) is 2.34. The summed E-state index contributed by atoms with van der Waals surface area (Å²) in [5.74, 6) is 0.838. The molecular weight excluding hydrogens is 200 g/mol. The number of hydrogen-bond acceptors (Lipinski definition) is 3. The first-order chi connectivity index (χ1) is 7.77. The number of nitrogens with zero attached hydrogens (tertiary/aromatic N) is 1. The second kappa shape index (κ2) is 6.86. The lowest BCUT2D eigenvalue weighted by molar-refractivity contribution is 0.312. The van der Waals surface area contributed by atoms with Gasteiger partial charge in [-0.05, 0) is 30.5 Å². The van der Waals surface area contributed by atoms with Crippen LogP contribution in [-0.2, 0) is 0 Å². The van der Waals surface area contributed by atoms with Crippen LogP contribution in [0.15, 0.2) is 24.3 Å². The molecule has 1 unspecified atom stereocenters. The number of benzene rings is 1. The van der Waals surface area contributed by atoms with E-state index in [1.165, 1.54) is 0 Å². The van der Waals surface area contributed by atoms with Gasteiger partial charge in [0, 0.05) is 12.5 Å². The maximum absolute atomic E-state index is 8.37. The predicted molar refractivity (Wildman–Crippen MR) is 64.0 cm³/mol. The van der Waals surface area contributed by atoms with Gasteiger partial charge in [0.15, 0.2) is 0 Å². The van der Waals surface area contributed by atoms with Crippen LogP contribution in [0.4, 0.5) is 0 Å². The Morgan fingerprint density at radius 2 is 2.06 bits per heavy atom. The zero-order valence-electron chi connectivity index (χ0n) is 9.65. The van der Waals surface area contributed by atoms with Gasteiger partial charge in [-0.2, -0.15) is 5.26 Å². The van der Waals surface area contributed by atoms with Crippen LogP contribution in [0.3, 0.4) is 0 Å². The van der Waals surface area contributed by atoms with Crippen molar-refractivity contribution in [3.05, 3.63) is 29.8 Å². The summed E-state index contributed by atoms with van der Waals surface area (Å²) >= 11 is 0. The monoisotopic (exact) mass is 218 g/mol. The van der Waals surface area contributed by atoms with Crippen LogP contribution in [0.2, 0.25) is 0 Å². The first kappa shape index (κ1) is 12.5. The van der Waals surface area contributed by atoms with Gasteiger partial charge in [0.05, 0.1) is 12.7 Å². The van der Waals surface area contributed by atoms with E-state index in [0.29, 0.717) is 13.0 Å². The van der Waals surface area contributed by atoms with E-state index in [0.717, 1.165) is 24.2 Å². The van der Waals surface area contributed by atoms with Crippen molar-refractivity contribution in [2.75, 3.05) is 6.61 Å². The van der Waals surface area contributed by atoms with Crippen molar-refractivity contribution in [2.45, 2.75) is 32.2 Å². The summed E-state index contributed by atoms with van der Waals surface area (Å²) in [6, 6.07) is 10.0. The molecule has 0 saturated carbocycles. The number of unbranched alkanes of at least 4 members (excludes halogenated alkanes) is 1. The highest BCUT2D eigenvalue weighted by Crippen LogP contribution is 2.18. The van der Waals surface area contributed by atoms with E-state index < -0.39 is 0 Å². The molecule has 1 atom stereocenters. The first-order valence-electron chi connectivity index (χ1n) is 5.63. The van der Waals surface area contributed by atoms with Crippen LogP contribution in [-0.4, -0.2) is 6.61 Å². The van der Waals surface area contributed by atoms with Crippen molar-refractivity contribution in [1.82, 2.24) is 0 Å². The van der Waals surface area contributed by atoms with E-state index in [1.807, 2.05) is 24.3 Å². The molecule has 0 fully saturated rings. The van der Waals surface area contributed by atoms with Crippen molar-refractivity contribution < 1.29 is 4.74 Å². The predicted octanol–water partition coefficient (Wildman–Crippen LogP) is 2.78. The molecule has 3 heteroatoms. The third-order valence-electron chi connectivity index (χ3n) is 2.45. The molecule has 0 aliphatic heterocycles. The van der Waals surface area contributed by atoms with E-state index >= 15 is 0 Å². The summed E-state index contributed by atoms with van der Waals surface area (Å²) in [6.45, 7) is 2.66. The van der Waals surface area contributed by atoms with Crippen LogP contribution in [0.25, 0.3) is 0 Å². The van der Waals surface area contributed by atoms with Crippen molar-refractivity contribution in [3.8, 4) is 11.8 Å². The fourth-order valence-electron chi connectivity index (χ4n) is 1.39. The van der Waals surface area contributed by atoms with Gasteiger partial charge < -0.3 is 10.5 Å². The van der Waals surface area contributed by atoms with Crippen LogP contribution < -0.4 is 10.5 Å². The molecule has 0 aliphatic carbocycles. The van der Waals surface area contributed by atoms with Gasteiger partial charge in [0.25, 0.3) is 0 Å². The van der Waals surface area contributed by atoms with Crippen LogP contribution in [0, 0.1) is 11.3 Å². The second-order valence-electron chi connectivity index (χ2n) is 3.69. The molecule has 2 N–H and O–H groups in total. The Balaban J connectivity index is 2.43. The molecule has 1 rings (SSSR count). The molecule has 0 heterocycles. The second-order valence-corrected chi connectivity index (χ2v) is 3.69. The van der Waals surface area contributed by atoms with Gasteiger partial charge in [-0.3, -0.25) is 0 Å². The summed E-state index contributed by atoms with van der Waals surface area (Å²) in [4.78, 5) is 0. The van der Waals surface area contributed by atoms with Crippen LogP contribution in [0.5, 0.6) is 5.75 Å². The molecule has 0 aromatic heterocycles. The summed E-state index contributed by atoms with van der Waals surface area (Å²) in [5, 5.41) is 8.37.